The molecule has 0 aliphatic heterocycles. The Balaban J connectivity index is 0.00000243. The van der Waals surface area contributed by atoms with Crippen LogP contribution < -0.4 is 37.2 Å². The van der Waals surface area contributed by atoms with Gasteiger partial charge in [-0.05, 0) is 0 Å². The summed E-state index contributed by atoms with van der Waals surface area (Å²) in [4.78, 5) is 0. The molecule has 0 aromatic heterocycles. The molecule has 2 aromatic rings. The maximum atomic E-state index is 2.47. The molecule has 0 spiro atoms. The number of hydrogen-bond acceptors (Lipinski definition) is 0. The van der Waals surface area contributed by atoms with Gasteiger partial charge in [-0.2, -0.15) is 0 Å². The van der Waals surface area contributed by atoms with Crippen molar-refractivity contribution < 1.29 is 57.7 Å². The fourth-order valence-electron chi connectivity index (χ4n) is 4.25. The van der Waals surface area contributed by atoms with Crippen molar-refractivity contribution >= 4 is 0 Å². The molecule has 0 fully saturated rings. The zero-order valence-corrected chi connectivity index (χ0v) is 21.0. The normalized spacial score (nSPS) is 12.9. The molecular formula is C24H27Cl3Ti. The Morgan fingerprint density at radius 2 is 1.14 bits per heavy atom. The second kappa shape index (κ2) is 11.6. The molecule has 0 atom stereocenters. The van der Waals surface area contributed by atoms with Crippen LogP contribution in [-0.2, 0) is 20.4 Å². The molecule has 28 heavy (non-hydrogen) atoms. The van der Waals surface area contributed by atoms with Gasteiger partial charge in [-0.1, -0.05) is 0 Å². The predicted octanol–water partition coefficient (Wildman–Crippen LogP) is -2.39. The molecule has 0 N–H and O–H groups in total. The van der Waals surface area contributed by atoms with Crippen LogP contribution in [0.2, 0.25) is 0 Å². The Labute approximate surface area is 200 Å². The summed E-state index contributed by atoms with van der Waals surface area (Å²) in [6.45, 7) is 11.1. The molecule has 3 rings (SSSR count). The van der Waals surface area contributed by atoms with Gasteiger partial charge in [0.2, 0.25) is 0 Å². The quantitative estimate of drug-likeness (QED) is 0.439. The Kier molecular flexibility index (Phi) is 11.4. The van der Waals surface area contributed by atoms with Gasteiger partial charge in [0.15, 0.2) is 0 Å². The molecule has 0 heterocycles. The summed E-state index contributed by atoms with van der Waals surface area (Å²) in [7, 11) is 0. The van der Waals surface area contributed by atoms with E-state index in [1.807, 2.05) is 0 Å². The second-order valence-corrected chi connectivity index (χ2v) is 8.39. The van der Waals surface area contributed by atoms with Gasteiger partial charge in [0, 0.05) is 0 Å². The van der Waals surface area contributed by atoms with E-state index in [0.717, 1.165) is 12.8 Å². The smallest absolute Gasteiger partial charge is 1.00 e. The summed E-state index contributed by atoms with van der Waals surface area (Å²) >= 11 is 2.29. The van der Waals surface area contributed by atoms with Gasteiger partial charge in [-0.15, -0.1) is 0 Å². The number of aryl methyl sites for hydroxylation is 4. The molecule has 0 unspecified atom stereocenters. The van der Waals surface area contributed by atoms with E-state index in [0.29, 0.717) is 5.92 Å². The van der Waals surface area contributed by atoms with Crippen LogP contribution in [0.25, 0.3) is 0 Å². The third kappa shape index (κ3) is 6.00. The molecule has 0 saturated carbocycles. The van der Waals surface area contributed by atoms with Gasteiger partial charge >= 0.3 is 165 Å². The molecule has 1 aliphatic rings. The molecular weight excluding hydrogens is 442 g/mol. The molecule has 4 heteroatoms. The number of halogens is 3. The van der Waals surface area contributed by atoms with E-state index < -0.39 is 0 Å². The first-order chi connectivity index (χ1) is 11.9. The maximum Gasteiger partial charge on any atom is -1.00 e. The first-order valence-electron chi connectivity index (χ1n) is 9.19. The molecule has 0 bridgehead atoms. The van der Waals surface area contributed by atoms with Crippen molar-refractivity contribution in [3.05, 3.63) is 90.9 Å². The zero-order chi connectivity index (χ0) is 18.1. The van der Waals surface area contributed by atoms with Gasteiger partial charge in [-0.25, -0.2) is 0 Å². The third-order valence-corrected chi connectivity index (χ3v) is 5.85. The minimum atomic E-state index is 0. The molecule has 0 amide bonds. The summed E-state index contributed by atoms with van der Waals surface area (Å²) in [5.41, 5.74) is 11.3. The summed E-state index contributed by atoms with van der Waals surface area (Å²) in [6, 6.07) is 14.0. The predicted molar refractivity (Wildman–Crippen MR) is 104 cm³/mol. The van der Waals surface area contributed by atoms with Crippen molar-refractivity contribution in [3.8, 4) is 0 Å². The van der Waals surface area contributed by atoms with Gasteiger partial charge in [0.25, 0.3) is 0 Å². The van der Waals surface area contributed by atoms with E-state index in [2.05, 4.69) is 97.5 Å². The van der Waals surface area contributed by atoms with Gasteiger partial charge in [0.05, 0.1) is 0 Å². The maximum absolute atomic E-state index is 2.47. The van der Waals surface area contributed by atoms with Crippen LogP contribution in [0.3, 0.4) is 0 Å². The van der Waals surface area contributed by atoms with Crippen LogP contribution in [0.1, 0.15) is 59.1 Å². The van der Waals surface area contributed by atoms with E-state index in [4.69, 9.17) is 0 Å². The van der Waals surface area contributed by atoms with Gasteiger partial charge in [0.1, 0.15) is 0 Å². The van der Waals surface area contributed by atoms with Gasteiger partial charge in [-0.3, -0.25) is 0 Å². The van der Waals surface area contributed by atoms with Crippen molar-refractivity contribution in [2.45, 2.75) is 53.4 Å². The number of rotatable bonds is 4. The molecule has 0 nitrogen and oxygen atoms in total. The van der Waals surface area contributed by atoms with Crippen LogP contribution in [0.15, 0.2) is 57.5 Å². The van der Waals surface area contributed by atoms with Crippen LogP contribution >= 0.6 is 0 Å². The Bertz CT molecular complexity index is 789. The molecule has 1 aliphatic carbocycles. The molecule has 0 radical (unpaired) electrons. The largest absolute Gasteiger partial charge is 1.00 e. The number of benzene rings is 2. The molecule has 0 saturated heterocycles. The minimum absolute atomic E-state index is 0. The topological polar surface area (TPSA) is 0 Å². The zero-order valence-electron chi connectivity index (χ0n) is 17.2. The van der Waals surface area contributed by atoms with Gasteiger partial charge < -0.3 is 37.2 Å². The first kappa shape index (κ1) is 27.5. The standard InChI is InChI=1S/C24H27.3ClH.Ti/c1-6-20-8-7-9-23(20)24(21-12-16(2)10-17(3)13-21)22-14-18(4)11-19(5)15-22;;;;/h9-15,24H,6-7H2,1-5H3;3*1H;/q;;;;+3/p-3. The molecule has 148 valence electrons. The average molecular weight is 470 g/mol. The van der Waals surface area contributed by atoms with Crippen LogP contribution in [0, 0.1) is 27.7 Å². The van der Waals surface area contributed by atoms with Crippen molar-refractivity contribution in [3.63, 3.8) is 0 Å². The summed E-state index contributed by atoms with van der Waals surface area (Å²) in [5, 5.41) is 0. The van der Waals surface area contributed by atoms with E-state index in [1.165, 1.54) is 42.8 Å². The monoisotopic (exact) mass is 468 g/mol. The Morgan fingerprint density at radius 1 is 0.750 bits per heavy atom. The summed E-state index contributed by atoms with van der Waals surface area (Å²) in [6.07, 6.45) is 4.68. The average Bonchev–Trinajstić information content (AvgIpc) is 2.86. The van der Waals surface area contributed by atoms with E-state index >= 15 is 0 Å². The fraction of sp³-hybridized carbons (Fsp3) is 0.333. The third-order valence-electron chi connectivity index (χ3n) is 5.06. The summed E-state index contributed by atoms with van der Waals surface area (Å²) in [5.74, 6) is 0.338. The van der Waals surface area contributed by atoms with E-state index in [1.54, 1.807) is 5.57 Å². The van der Waals surface area contributed by atoms with Crippen molar-refractivity contribution in [2.24, 2.45) is 0 Å². The van der Waals surface area contributed by atoms with E-state index in [-0.39, 0.29) is 37.2 Å². The minimum Gasteiger partial charge on any atom is -1.00 e. The van der Waals surface area contributed by atoms with Crippen LogP contribution in [0.4, 0.5) is 0 Å². The summed E-state index contributed by atoms with van der Waals surface area (Å²) < 4.78 is 1.54. The number of allylic oxidation sites excluding steroid dienone is 4. The fourth-order valence-corrected chi connectivity index (χ4v) is 4.91. The molecule has 2 aromatic carbocycles. The SMILES string of the molecule is CCC1=[C]([Ti+3])CC=C1C(c1cc(C)cc(C)c1)c1cc(C)cc(C)c1.[Cl-].[Cl-].[Cl-]. The van der Waals surface area contributed by atoms with Crippen LogP contribution in [0.5, 0.6) is 0 Å². The first-order valence-corrected chi connectivity index (χ1v) is 9.97. The van der Waals surface area contributed by atoms with Crippen molar-refractivity contribution in [2.75, 3.05) is 0 Å². The van der Waals surface area contributed by atoms with Crippen molar-refractivity contribution in [1.29, 1.82) is 0 Å². The van der Waals surface area contributed by atoms with Crippen LogP contribution in [-0.4, -0.2) is 0 Å². The Hall–Kier alpha value is -0.496. The number of hydrogen-bond donors (Lipinski definition) is 0. The Morgan fingerprint density at radius 3 is 1.50 bits per heavy atom. The second-order valence-electron chi connectivity index (χ2n) is 7.45. The van der Waals surface area contributed by atoms with E-state index in [9.17, 15) is 0 Å². The van der Waals surface area contributed by atoms with Crippen molar-refractivity contribution in [1.82, 2.24) is 0 Å².